The van der Waals surface area contributed by atoms with Crippen LogP contribution in [0.2, 0.25) is 0 Å². The number of aromatic hydroxyl groups is 1. The van der Waals surface area contributed by atoms with Crippen LogP contribution in [0, 0.1) is 10.1 Å². The van der Waals surface area contributed by atoms with E-state index in [1.165, 1.54) is 18.2 Å². The summed E-state index contributed by atoms with van der Waals surface area (Å²) in [6.45, 7) is -0.143. The molecule has 0 heterocycles. The number of hydrogen-bond acceptors (Lipinski definition) is 7. The Labute approximate surface area is 167 Å². The van der Waals surface area contributed by atoms with Crippen molar-refractivity contribution in [1.29, 1.82) is 0 Å². The first-order valence-corrected chi connectivity index (χ1v) is 8.34. The van der Waals surface area contributed by atoms with Crippen LogP contribution in [-0.4, -0.2) is 35.6 Å². The summed E-state index contributed by atoms with van der Waals surface area (Å²) in [7, 11) is 1.12. The Morgan fingerprint density at radius 2 is 1.90 bits per heavy atom. The fourth-order valence-corrected chi connectivity index (χ4v) is 2.45. The molecule has 0 aliphatic heterocycles. The first-order valence-electron chi connectivity index (χ1n) is 8.34. The second-order valence-corrected chi connectivity index (χ2v) is 5.91. The molecule has 2 aromatic carbocycles. The summed E-state index contributed by atoms with van der Waals surface area (Å²) in [5.41, 5.74) is -2.35. The number of halogens is 3. The first-order chi connectivity index (χ1) is 14.0. The number of hydrogen-bond donors (Lipinski definition) is 3. The molecule has 160 valence electrons. The third-order valence-corrected chi connectivity index (χ3v) is 3.90. The SMILES string of the molecule is COC(=O)c1cccc(NC(=O)CCNc2ccc(C(F)(F)F)cc2[N+](=O)[O-])c1O. The van der Waals surface area contributed by atoms with Crippen molar-refractivity contribution in [2.75, 3.05) is 24.3 Å². The van der Waals surface area contributed by atoms with Crippen molar-refractivity contribution in [2.24, 2.45) is 0 Å². The number of methoxy groups -OCH3 is 1. The highest BCUT2D eigenvalue weighted by atomic mass is 19.4. The van der Waals surface area contributed by atoms with Gasteiger partial charge in [0.1, 0.15) is 11.3 Å². The van der Waals surface area contributed by atoms with Crippen molar-refractivity contribution >= 4 is 28.9 Å². The molecule has 0 radical (unpaired) electrons. The monoisotopic (exact) mass is 427 g/mol. The fourth-order valence-electron chi connectivity index (χ4n) is 2.45. The number of nitrogens with one attached hydrogen (secondary N) is 2. The maximum atomic E-state index is 12.7. The van der Waals surface area contributed by atoms with E-state index >= 15 is 0 Å². The van der Waals surface area contributed by atoms with Crippen molar-refractivity contribution in [3.63, 3.8) is 0 Å². The summed E-state index contributed by atoms with van der Waals surface area (Å²) < 4.78 is 42.7. The van der Waals surface area contributed by atoms with Gasteiger partial charge in [-0.3, -0.25) is 14.9 Å². The van der Waals surface area contributed by atoms with Crippen LogP contribution in [0.1, 0.15) is 22.3 Å². The lowest BCUT2D eigenvalue weighted by atomic mass is 10.1. The van der Waals surface area contributed by atoms with E-state index in [1.54, 1.807) is 0 Å². The molecule has 2 rings (SSSR count). The first kappa shape index (κ1) is 22.5. The average molecular weight is 427 g/mol. The number of para-hydroxylation sites is 1. The molecule has 0 saturated heterocycles. The van der Waals surface area contributed by atoms with Crippen molar-refractivity contribution in [1.82, 2.24) is 0 Å². The third-order valence-electron chi connectivity index (χ3n) is 3.90. The van der Waals surface area contributed by atoms with Crippen LogP contribution in [0.15, 0.2) is 36.4 Å². The van der Waals surface area contributed by atoms with Crippen molar-refractivity contribution in [3.05, 3.63) is 57.6 Å². The smallest absolute Gasteiger partial charge is 0.416 e. The number of benzene rings is 2. The van der Waals surface area contributed by atoms with E-state index in [0.717, 1.165) is 13.2 Å². The minimum atomic E-state index is -4.73. The highest BCUT2D eigenvalue weighted by Gasteiger charge is 2.33. The van der Waals surface area contributed by atoms with Crippen LogP contribution in [0.25, 0.3) is 0 Å². The van der Waals surface area contributed by atoms with Crippen molar-refractivity contribution < 1.29 is 37.5 Å². The van der Waals surface area contributed by atoms with Crippen LogP contribution in [-0.2, 0) is 15.7 Å². The number of nitrogens with zero attached hydrogens (tertiary/aromatic N) is 1. The van der Waals surface area contributed by atoms with Gasteiger partial charge in [-0.15, -0.1) is 0 Å². The molecule has 0 aromatic heterocycles. The molecule has 0 fully saturated rings. The summed E-state index contributed by atoms with van der Waals surface area (Å²) >= 11 is 0. The Bertz CT molecular complexity index is 978. The zero-order valence-corrected chi connectivity index (χ0v) is 15.4. The zero-order chi connectivity index (χ0) is 22.5. The standard InChI is InChI=1S/C18H16F3N3O6/c1-30-17(27)11-3-2-4-13(16(11)26)23-15(25)7-8-22-12-6-5-10(18(19,20)21)9-14(12)24(28)29/h2-6,9,22,26H,7-8H2,1H3,(H,23,25). The average Bonchev–Trinajstić information content (AvgIpc) is 2.68. The summed E-state index contributed by atoms with van der Waals surface area (Å²) in [6, 6.07) is 6.04. The minimum Gasteiger partial charge on any atom is -0.505 e. The predicted molar refractivity (Wildman–Crippen MR) is 99.3 cm³/mol. The molecule has 1 amide bonds. The van der Waals surface area contributed by atoms with Crippen LogP contribution >= 0.6 is 0 Å². The van der Waals surface area contributed by atoms with Gasteiger partial charge in [-0.25, -0.2) is 4.79 Å². The highest BCUT2D eigenvalue weighted by Crippen LogP contribution is 2.35. The maximum absolute atomic E-state index is 12.7. The molecule has 0 bridgehead atoms. The van der Waals surface area contributed by atoms with Crippen LogP contribution < -0.4 is 10.6 Å². The van der Waals surface area contributed by atoms with Gasteiger partial charge in [-0.05, 0) is 24.3 Å². The summed E-state index contributed by atoms with van der Waals surface area (Å²) in [5, 5.41) is 26.0. The van der Waals surface area contributed by atoms with Gasteiger partial charge in [-0.2, -0.15) is 13.2 Å². The van der Waals surface area contributed by atoms with Gasteiger partial charge >= 0.3 is 12.1 Å². The number of esters is 1. The summed E-state index contributed by atoms with van der Waals surface area (Å²) in [5.74, 6) is -1.92. The quantitative estimate of drug-likeness (QED) is 0.267. The van der Waals surface area contributed by atoms with E-state index in [0.29, 0.717) is 12.1 Å². The van der Waals surface area contributed by atoms with E-state index in [1.807, 2.05) is 0 Å². The number of carbonyl (C=O) groups is 2. The molecular weight excluding hydrogens is 411 g/mol. The van der Waals surface area contributed by atoms with Crippen LogP contribution in [0.3, 0.4) is 0 Å². The number of rotatable bonds is 7. The number of phenols is 1. The number of nitro groups is 1. The van der Waals surface area contributed by atoms with Gasteiger partial charge in [0.05, 0.1) is 23.3 Å². The van der Waals surface area contributed by atoms with Gasteiger partial charge in [0.25, 0.3) is 5.69 Å². The van der Waals surface area contributed by atoms with Crippen molar-refractivity contribution in [3.8, 4) is 5.75 Å². The lowest BCUT2D eigenvalue weighted by Crippen LogP contribution is -2.17. The maximum Gasteiger partial charge on any atom is 0.416 e. The Hall–Kier alpha value is -3.83. The van der Waals surface area contributed by atoms with Crippen LogP contribution in [0.4, 0.5) is 30.2 Å². The highest BCUT2D eigenvalue weighted by molar-refractivity contribution is 5.98. The second kappa shape index (κ2) is 9.11. The molecule has 30 heavy (non-hydrogen) atoms. The Morgan fingerprint density at radius 1 is 1.20 bits per heavy atom. The van der Waals surface area contributed by atoms with E-state index in [4.69, 9.17) is 0 Å². The Balaban J connectivity index is 2.03. The predicted octanol–water partition coefficient (Wildman–Crippen LogP) is 3.55. The van der Waals surface area contributed by atoms with E-state index in [9.17, 15) is 38.0 Å². The molecule has 0 unspecified atom stereocenters. The topological polar surface area (TPSA) is 131 Å². The number of carbonyl (C=O) groups excluding carboxylic acids is 2. The normalized spacial score (nSPS) is 10.9. The Kier molecular flexibility index (Phi) is 6.82. The van der Waals surface area contributed by atoms with Crippen molar-refractivity contribution in [2.45, 2.75) is 12.6 Å². The molecular formula is C18H16F3N3O6. The van der Waals surface area contributed by atoms with Crippen LogP contribution in [0.5, 0.6) is 5.75 Å². The van der Waals surface area contributed by atoms with Gasteiger partial charge in [0.2, 0.25) is 5.91 Å². The van der Waals surface area contributed by atoms with E-state index in [2.05, 4.69) is 15.4 Å². The number of ether oxygens (including phenoxy) is 1. The number of nitro benzene ring substituents is 1. The number of phenolic OH excluding ortho intramolecular Hbond substituents is 1. The molecule has 0 aliphatic rings. The molecule has 0 saturated carbocycles. The summed E-state index contributed by atoms with van der Waals surface area (Å²) in [6.07, 6.45) is -4.97. The van der Waals surface area contributed by atoms with Gasteiger partial charge in [-0.1, -0.05) is 6.07 Å². The number of anilines is 2. The third kappa shape index (κ3) is 5.37. The molecule has 12 heteroatoms. The number of alkyl halides is 3. The molecule has 9 nitrogen and oxygen atoms in total. The lowest BCUT2D eigenvalue weighted by molar-refractivity contribution is -0.384. The van der Waals surface area contributed by atoms with E-state index < -0.39 is 40.0 Å². The second-order valence-electron chi connectivity index (χ2n) is 5.91. The van der Waals surface area contributed by atoms with Gasteiger partial charge in [0.15, 0.2) is 5.75 Å². The van der Waals surface area contributed by atoms with Gasteiger partial charge in [0, 0.05) is 19.0 Å². The molecule has 0 spiro atoms. The molecule has 0 aliphatic carbocycles. The zero-order valence-electron chi connectivity index (χ0n) is 15.4. The fraction of sp³-hybridized carbons (Fsp3) is 0.222. The molecule has 0 atom stereocenters. The lowest BCUT2D eigenvalue weighted by Gasteiger charge is -2.12. The Morgan fingerprint density at radius 3 is 2.50 bits per heavy atom. The molecule has 2 aromatic rings. The molecule has 3 N–H and O–H groups in total. The largest absolute Gasteiger partial charge is 0.505 e. The summed E-state index contributed by atoms with van der Waals surface area (Å²) in [4.78, 5) is 33.7. The van der Waals surface area contributed by atoms with E-state index in [-0.39, 0.29) is 29.9 Å². The number of amides is 1. The van der Waals surface area contributed by atoms with Gasteiger partial charge < -0.3 is 20.5 Å². The minimum absolute atomic E-state index is 0.0524.